The van der Waals surface area contributed by atoms with Crippen LogP contribution in [0.15, 0.2) is 0 Å². The van der Waals surface area contributed by atoms with Crippen molar-refractivity contribution < 1.29 is 9.53 Å². The Balaban J connectivity index is 2.45. The Kier molecular flexibility index (Phi) is 3.80. The van der Waals surface area contributed by atoms with Gasteiger partial charge in [-0.25, -0.2) is 0 Å². The third-order valence-corrected chi connectivity index (χ3v) is 3.09. The van der Waals surface area contributed by atoms with Gasteiger partial charge in [0.2, 0.25) is 0 Å². The van der Waals surface area contributed by atoms with E-state index in [-0.39, 0.29) is 16.8 Å². The average Bonchev–Trinajstić information content (AvgIpc) is 2.14. The zero-order valence-electron chi connectivity index (χ0n) is 10.6. The molecule has 0 unspecified atom stereocenters. The lowest BCUT2D eigenvalue weighted by Gasteiger charge is -2.32. The monoisotopic (exact) mass is 212 g/mol. The predicted octanol–water partition coefficient (Wildman–Crippen LogP) is 3.55. The van der Waals surface area contributed by atoms with Gasteiger partial charge in [-0.3, -0.25) is 4.79 Å². The van der Waals surface area contributed by atoms with Crippen molar-refractivity contribution in [3.8, 4) is 0 Å². The van der Waals surface area contributed by atoms with Crippen LogP contribution in [0.4, 0.5) is 0 Å². The molecule has 2 nitrogen and oxygen atoms in total. The first-order valence-electron chi connectivity index (χ1n) is 6.01. The van der Waals surface area contributed by atoms with Gasteiger partial charge >= 0.3 is 5.97 Å². The van der Waals surface area contributed by atoms with E-state index in [0.717, 1.165) is 12.8 Å². The van der Waals surface area contributed by atoms with Crippen molar-refractivity contribution >= 4 is 5.97 Å². The lowest BCUT2D eigenvalue weighted by Crippen LogP contribution is -2.34. The van der Waals surface area contributed by atoms with Gasteiger partial charge in [0.15, 0.2) is 0 Å². The van der Waals surface area contributed by atoms with Crippen LogP contribution in [0.2, 0.25) is 0 Å². The van der Waals surface area contributed by atoms with Crippen LogP contribution >= 0.6 is 0 Å². The van der Waals surface area contributed by atoms with Gasteiger partial charge in [-0.05, 0) is 25.2 Å². The molecule has 0 aromatic heterocycles. The van der Waals surface area contributed by atoms with Crippen LogP contribution in [0, 0.1) is 10.8 Å². The van der Waals surface area contributed by atoms with Crippen molar-refractivity contribution in [2.24, 2.45) is 10.8 Å². The minimum Gasteiger partial charge on any atom is -0.465 e. The van der Waals surface area contributed by atoms with Crippen LogP contribution in [0.25, 0.3) is 0 Å². The van der Waals surface area contributed by atoms with Gasteiger partial charge in [0.25, 0.3) is 0 Å². The summed E-state index contributed by atoms with van der Waals surface area (Å²) in [6.45, 7) is 8.84. The molecule has 15 heavy (non-hydrogen) atoms. The highest BCUT2D eigenvalue weighted by Crippen LogP contribution is 2.37. The number of hydrogen-bond acceptors (Lipinski definition) is 2. The van der Waals surface area contributed by atoms with Crippen LogP contribution in [0.5, 0.6) is 0 Å². The van der Waals surface area contributed by atoms with Gasteiger partial charge in [-0.15, -0.1) is 0 Å². The highest BCUT2D eigenvalue weighted by atomic mass is 16.5. The summed E-state index contributed by atoms with van der Waals surface area (Å²) in [5.74, 6) is 0.0112. The van der Waals surface area contributed by atoms with Crippen LogP contribution < -0.4 is 0 Å². The maximum absolute atomic E-state index is 11.9. The third kappa shape index (κ3) is 3.84. The second-order valence-electron chi connectivity index (χ2n) is 6.26. The maximum atomic E-state index is 11.9. The quantitative estimate of drug-likeness (QED) is 0.654. The number of rotatable bonds is 2. The molecule has 0 spiro atoms. The SMILES string of the molecule is CC(C)(C)COC(=O)C1(C)CCCCC1. The molecule has 1 fully saturated rings. The summed E-state index contributed by atoms with van der Waals surface area (Å²) in [4.78, 5) is 11.9. The van der Waals surface area contributed by atoms with E-state index in [1.165, 1.54) is 19.3 Å². The van der Waals surface area contributed by atoms with E-state index in [9.17, 15) is 4.79 Å². The number of esters is 1. The first-order chi connectivity index (χ1) is 6.83. The molecule has 0 bridgehead atoms. The van der Waals surface area contributed by atoms with E-state index < -0.39 is 0 Å². The van der Waals surface area contributed by atoms with Gasteiger partial charge in [0.1, 0.15) is 0 Å². The van der Waals surface area contributed by atoms with Gasteiger partial charge < -0.3 is 4.74 Å². The first-order valence-corrected chi connectivity index (χ1v) is 6.01. The number of carbonyl (C=O) groups excluding carboxylic acids is 1. The molecule has 88 valence electrons. The molecular weight excluding hydrogens is 188 g/mol. The predicted molar refractivity (Wildman–Crippen MR) is 61.6 cm³/mol. The zero-order chi connectivity index (χ0) is 11.5. The molecule has 1 aliphatic carbocycles. The summed E-state index contributed by atoms with van der Waals surface area (Å²) in [6.07, 6.45) is 5.59. The van der Waals surface area contributed by atoms with E-state index in [1.807, 2.05) is 0 Å². The molecule has 0 atom stereocenters. The fourth-order valence-electron chi connectivity index (χ4n) is 1.99. The Morgan fingerprint density at radius 1 is 1.20 bits per heavy atom. The molecule has 0 saturated heterocycles. The van der Waals surface area contributed by atoms with Crippen LogP contribution in [0.3, 0.4) is 0 Å². The Labute approximate surface area is 93.4 Å². The lowest BCUT2D eigenvalue weighted by molar-refractivity contribution is -0.159. The molecule has 1 rings (SSSR count). The van der Waals surface area contributed by atoms with E-state index >= 15 is 0 Å². The van der Waals surface area contributed by atoms with Crippen LogP contribution in [-0.2, 0) is 9.53 Å². The van der Waals surface area contributed by atoms with Crippen molar-refractivity contribution in [1.82, 2.24) is 0 Å². The Hall–Kier alpha value is -0.530. The first kappa shape index (κ1) is 12.5. The fourth-order valence-corrected chi connectivity index (χ4v) is 1.99. The summed E-state index contributed by atoms with van der Waals surface area (Å²) < 4.78 is 5.41. The second-order valence-corrected chi connectivity index (χ2v) is 6.26. The van der Waals surface area contributed by atoms with Crippen molar-refractivity contribution in [3.05, 3.63) is 0 Å². The van der Waals surface area contributed by atoms with Crippen molar-refractivity contribution in [2.75, 3.05) is 6.61 Å². The third-order valence-electron chi connectivity index (χ3n) is 3.09. The van der Waals surface area contributed by atoms with Crippen molar-refractivity contribution in [3.63, 3.8) is 0 Å². The molecule has 0 heterocycles. The molecule has 0 aromatic rings. The second kappa shape index (κ2) is 4.54. The van der Waals surface area contributed by atoms with Gasteiger partial charge in [0.05, 0.1) is 12.0 Å². The largest absolute Gasteiger partial charge is 0.465 e. The highest BCUT2D eigenvalue weighted by Gasteiger charge is 2.36. The Bertz CT molecular complexity index is 219. The number of carbonyl (C=O) groups is 1. The van der Waals surface area contributed by atoms with Gasteiger partial charge in [0, 0.05) is 0 Å². The minimum atomic E-state index is -0.205. The lowest BCUT2D eigenvalue weighted by atomic mass is 9.76. The smallest absolute Gasteiger partial charge is 0.311 e. The molecule has 0 radical (unpaired) electrons. The molecule has 0 aromatic carbocycles. The van der Waals surface area contributed by atoms with Crippen LogP contribution in [0.1, 0.15) is 59.8 Å². The molecule has 0 aliphatic heterocycles. The molecule has 0 N–H and O–H groups in total. The fraction of sp³-hybridized carbons (Fsp3) is 0.923. The van der Waals surface area contributed by atoms with Crippen molar-refractivity contribution in [2.45, 2.75) is 59.8 Å². The summed E-state index contributed by atoms with van der Waals surface area (Å²) >= 11 is 0. The Morgan fingerprint density at radius 2 is 1.73 bits per heavy atom. The molecular formula is C13H24O2. The maximum Gasteiger partial charge on any atom is 0.311 e. The summed E-state index contributed by atoms with van der Waals surface area (Å²) in [5, 5.41) is 0. The highest BCUT2D eigenvalue weighted by molar-refractivity contribution is 5.76. The molecule has 2 heteroatoms. The molecule has 1 aliphatic rings. The van der Waals surface area contributed by atoms with E-state index in [0.29, 0.717) is 6.61 Å². The molecule has 1 saturated carbocycles. The Morgan fingerprint density at radius 3 is 2.20 bits per heavy atom. The number of ether oxygens (including phenoxy) is 1. The average molecular weight is 212 g/mol. The normalized spacial score (nSPS) is 21.1. The van der Waals surface area contributed by atoms with Gasteiger partial charge in [-0.2, -0.15) is 0 Å². The summed E-state index contributed by atoms with van der Waals surface area (Å²) in [7, 11) is 0. The minimum absolute atomic E-state index is 0.0112. The van der Waals surface area contributed by atoms with Crippen LogP contribution in [-0.4, -0.2) is 12.6 Å². The summed E-state index contributed by atoms with van der Waals surface area (Å²) in [5.41, 5.74) is -0.135. The summed E-state index contributed by atoms with van der Waals surface area (Å²) in [6, 6.07) is 0. The van der Waals surface area contributed by atoms with E-state index in [1.54, 1.807) is 0 Å². The van der Waals surface area contributed by atoms with Gasteiger partial charge in [-0.1, -0.05) is 40.0 Å². The molecule has 0 amide bonds. The zero-order valence-corrected chi connectivity index (χ0v) is 10.6. The van der Waals surface area contributed by atoms with E-state index in [4.69, 9.17) is 4.74 Å². The van der Waals surface area contributed by atoms with E-state index in [2.05, 4.69) is 27.7 Å². The van der Waals surface area contributed by atoms with Crippen molar-refractivity contribution in [1.29, 1.82) is 0 Å². The number of hydrogen-bond donors (Lipinski definition) is 0. The standard InChI is InChI=1S/C13H24O2/c1-12(2,3)10-15-11(14)13(4)8-6-5-7-9-13/h5-10H2,1-4H3. The topological polar surface area (TPSA) is 26.3 Å².